The summed E-state index contributed by atoms with van der Waals surface area (Å²) in [5, 5.41) is 6.00. The van der Waals surface area contributed by atoms with E-state index in [9.17, 15) is 4.79 Å². The largest absolute Gasteiger partial charge is 0.384 e. The summed E-state index contributed by atoms with van der Waals surface area (Å²) in [5.74, 6) is -0.170. The van der Waals surface area contributed by atoms with Crippen LogP contribution in [-0.4, -0.2) is 12.5 Å². The Bertz CT molecular complexity index is 385. The molecule has 0 spiro atoms. The molecule has 0 unspecified atom stereocenters. The summed E-state index contributed by atoms with van der Waals surface area (Å²) in [7, 11) is 0. The lowest BCUT2D eigenvalue weighted by atomic mass is 10.1. The van der Waals surface area contributed by atoms with Crippen LogP contribution in [0.25, 0.3) is 0 Å². The third kappa shape index (κ3) is 1.62. The fourth-order valence-electron chi connectivity index (χ4n) is 1.58. The summed E-state index contributed by atoms with van der Waals surface area (Å²) in [6.07, 6.45) is 2.29. The van der Waals surface area contributed by atoms with Crippen LogP contribution >= 0.6 is 0 Å². The summed E-state index contributed by atoms with van der Waals surface area (Å²) in [6.45, 7) is 4.39. The SMILES string of the molecule is C=CC(=O)Nc1ccc2c(c1)CCN2. The highest BCUT2D eigenvalue weighted by Crippen LogP contribution is 2.25. The molecule has 0 atom stereocenters. The van der Waals surface area contributed by atoms with E-state index >= 15 is 0 Å². The molecule has 1 heterocycles. The van der Waals surface area contributed by atoms with Crippen molar-refractivity contribution in [3.63, 3.8) is 0 Å². The van der Waals surface area contributed by atoms with Gasteiger partial charge in [0.2, 0.25) is 5.91 Å². The first-order valence-corrected chi connectivity index (χ1v) is 4.60. The van der Waals surface area contributed by atoms with Gasteiger partial charge in [-0.3, -0.25) is 4.79 Å². The second-order valence-electron chi connectivity index (χ2n) is 3.24. The molecule has 2 N–H and O–H groups in total. The summed E-state index contributed by atoms with van der Waals surface area (Å²) >= 11 is 0. The minimum absolute atomic E-state index is 0.170. The molecule has 1 amide bonds. The van der Waals surface area contributed by atoms with E-state index in [1.807, 2.05) is 18.2 Å². The number of carbonyl (C=O) groups is 1. The highest BCUT2D eigenvalue weighted by Gasteiger charge is 2.09. The molecule has 72 valence electrons. The second-order valence-corrected chi connectivity index (χ2v) is 3.24. The van der Waals surface area contributed by atoms with E-state index in [1.54, 1.807) is 0 Å². The average Bonchev–Trinajstić information content (AvgIpc) is 2.64. The van der Waals surface area contributed by atoms with Crippen molar-refractivity contribution in [3.8, 4) is 0 Å². The topological polar surface area (TPSA) is 41.1 Å². The van der Waals surface area contributed by atoms with Crippen molar-refractivity contribution in [2.75, 3.05) is 17.2 Å². The molecule has 14 heavy (non-hydrogen) atoms. The molecule has 0 saturated carbocycles. The van der Waals surface area contributed by atoms with Crippen molar-refractivity contribution in [2.45, 2.75) is 6.42 Å². The maximum absolute atomic E-state index is 11.0. The Balaban J connectivity index is 2.20. The second kappa shape index (κ2) is 3.54. The average molecular weight is 188 g/mol. The molecular weight excluding hydrogens is 176 g/mol. The molecule has 0 aliphatic carbocycles. The summed E-state index contributed by atoms with van der Waals surface area (Å²) in [6, 6.07) is 5.87. The fraction of sp³-hybridized carbons (Fsp3) is 0.182. The number of carbonyl (C=O) groups excluding carboxylic acids is 1. The Hall–Kier alpha value is -1.77. The van der Waals surface area contributed by atoms with E-state index in [0.717, 1.165) is 18.7 Å². The molecule has 0 bridgehead atoms. The molecule has 1 aliphatic rings. The van der Waals surface area contributed by atoms with Crippen LogP contribution in [0, 0.1) is 0 Å². The van der Waals surface area contributed by atoms with E-state index in [-0.39, 0.29) is 5.91 Å². The lowest BCUT2D eigenvalue weighted by molar-refractivity contribution is -0.111. The third-order valence-electron chi connectivity index (χ3n) is 2.27. The first kappa shape index (κ1) is 8.81. The standard InChI is InChI=1S/C11H12N2O/c1-2-11(14)13-9-3-4-10-8(7-9)5-6-12-10/h2-4,7,12H,1,5-6H2,(H,13,14). The number of anilines is 2. The van der Waals surface area contributed by atoms with Crippen molar-refractivity contribution in [1.82, 2.24) is 0 Å². The number of hydrogen-bond donors (Lipinski definition) is 2. The zero-order chi connectivity index (χ0) is 9.97. The molecule has 0 radical (unpaired) electrons. The van der Waals surface area contributed by atoms with Crippen molar-refractivity contribution in [1.29, 1.82) is 0 Å². The van der Waals surface area contributed by atoms with Crippen LogP contribution in [0.2, 0.25) is 0 Å². The van der Waals surface area contributed by atoms with Crippen molar-refractivity contribution < 1.29 is 4.79 Å². The van der Waals surface area contributed by atoms with Gasteiger partial charge < -0.3 is 10.6 Å². The van der Waals surface area contributed by atoms with Crippen LogP contribution in [0.3, 0.4) is 0 Å². The van der Waals surface area contributed by atoms with Gasteiger partial charge in [0.1, 0.15) is 0 Å². The summed E-state index contributed by atoms with van der Waals surface area (Å²) in [4.78, 5) is 11.0. The zero-order valence-corrected chi connectivity index (χ0v) is 7.84. The Kier molecular flexibility index (Phi) is 2.23. The summed E-state index contributed by atoms with van der Waals surface area (Å²) in [5.41, 5.74) is 3.26. The van der Waals surface area contributed by atoms with E-state index in [1.165, 1.54) is 17.3 Å². The minimum Gasteiger partial charge on any atom is -0.384 e. The van der Waals surface area contributed by atoms with Gasteiger partial charge in [0.05, 0.1) is 0 Å². The number of hydrogen-bond acceptors (Lipinski definition) is 2. The number of amides is 1. The third-order valence-corrected chi connectivity index (χ3v) is 2.27. The molecule has 3 nitrogen and oxygen atoms in total. The van der Waals surface area contributed by atoms with Gasteiger partial charge in [-0.05, 0) is 36.3 Å². The number of rotatable bonds is 2. The Labute approximate surface area is 82.8 Å². The molecule has 0 saturated heterocycles. The lowest BCUT2D eigenvalue weighted by Crippen LogP contribution is -2.07. The van der Waals surface area contributed by atoms with E-state index in [2.05, 4.69) is 17.2 Å². The molecule has 3 heteroatoms. The molecule has 1 aromatic carbocycles. The highest BCUT2D eigenvalue weighted by molar-refractivity contribution is 5.99. The lowest BCUT2D eigenvalue weighted by Gasteiger charge is -2.04. The molecule has 0 fully saturated rings. The zero-order valence-electron chi connectivity index (χ0n) is 7.84. The van der Waals surface area contributed by atoms with Gasteiger partial charge in [-0.1, -0.05) is 6.58 Å². The highest BCUT2D eigenvalue weighted by atomic mass is 16.1. The Morgan fingerprint density at radius 1 is 1.57 bits per heavy atom. The van der Waals surface area contributed by atoms with Crippen LogP contribution < -0.4 is 10.6 Å². The van der Waals surface area contributed by atoms with Gasteiger partial charge in [0.25, 0.3) is 0 Å². The first-order valence-electron chi connectivity index (χ1n) is 4.60. The van der Waals surface area contributed by atoms with Crippen molar-refractivity contribution in [2.24, 2.45) is 0 Å². The van der Waals surface area contributed by atoms with Gasteiger partial charge in [0.15, 0.2) is 0 Å². The van der Waals surface area contributed by atoms with E-state index in [4.69, 9.17) is 0 Å². The Morgan fingerprint density at radius 2 is 2.43 bits per heavy atom. The minimum atomic E-state index is -0.170. The molecule has 2 rings (SSSR count). The van der Waals surface area contributed by atoms with Crippen LogP contribution in [0.15, 0.2) is 30.9 Å². The van der Waals surface area contributed by atoms with Gasteiger partial charge in [-0.25, -0.2) is 0 Å². The van der Waals surface area contributed by atoms with Gasteiger partial charge in [0, 0.05) is 17.9 Å². The predicted octanol–water partition coefficient (Wildman–Crippen LogP) is 1.78. The Morgan fingerprint density at radius 3 is 3.21 bits per heavy atom. The maximum atomic E-state index is 11.0. The van der Waals surface area contributed by atoms with Gasteiger partial charge in [-0.15, -0.1) is 0 Å². The van der Waals surface area contributed by atoms with Gasteiger partial charge >= 0.3 is 0 Å². The van der Waals surface area contributed by atoms with E-state index in [0.29, 0.717) is 0 Å². The fourth-order valence-corrected chi connectivity index (χ4v) is 1.58. The van der Waals surface area contributed by atoms with Crippen LogP contribution in [0.4, 0.5) is 11.4 Å². The predicted molar refractivity (Wildman–Crippen MR) is 57.5 cm³/mol. The van der Waals surface area contributed by atoms with Crippen molar-refractivity contribution in [3.05, 3.63) is 36.4 Å². The normalized spacial score (nSPS) is 12.9. The number of fused-ring (bicyclic) bond motifs is 1. The van der Waals surface area contributed by atoms with Crippen LogP contribution in [0.5, 0.6) is 0 Å². The van der Waals surface area contributed by atoms with E-state index < -0.39 is 0 Å². The molecule has 1 aromatic rings. The quantitative estimate of drug-likeness (QED) is 0.694. The number of benzene rings is 1. The summed E-state index contributed by atoms with van der Waals surface area (Å²) < 4.78 is 0. The molecule has 0 aromatic heterocycles. The van der Waals surface area contributed by atoms with Crippen LogP contribution in [0.1, 0.15) is 5.56 Å². The number of nitrogens with one attached hydrogen (secondary N) is 2. The molecule has 1 aliphatic heterocycles. The maximum Gasteiger partial charge on any atom is 0.247 e. The van der Waals surface area contributed by atoms with Crippen LogP contribution in [-0.2, 0) is 11.2 Å². The first-order chi connectivity index (χ1) is 6.79. The smallest absolute Gasteiger partial charge is 0.247 e. The van der Waals surface area contributed by atoms with Crippen molar-refractivity contribution >= 4 is 17.3 Å². The van der Waals surface area contributed by atoms with Gasteiger partial charge in [-0.2, -0.15) is 0 Å². The molecular formula is C11H12N2O. The monoisotopic (exact) mass is 188 g/mol.